The topological polar surface area (TPSA) is 71.8 Å². The van der Waals surface area contributed by atoms with E-state index >= 15 is 0 Å². The Kier molecular flexibility index (Phi) is 5.41. The number of hydrogen-bond donors (Lipinski definition) is 1. The van der Waals surface area contributed by atoms with Crippen LogP contribution in [-0.4, -0.2) is 60.4 Å². The SMILES string of the molecule is CN=C(NCC(C)C(=O)OC)N1CCC(c2cnn(C)c2)C1. The van der Waals surface area contributed by atoms with Crippen molar-refractivity contribution in [3.05, 3.63) is 18.0 Å². The lowest BCUT2D eigenvalue weighted by molar-refractivity contribution is -0.144. The molecule has 0 radical (unpaired) electrons. The summed E-state index contributed by atoms with van der Waals surface area (Å²) < 4.78 is 6.58. The van der Waals surface area contributed by atoms with Gasteiger partial charge in [-0.3, -0.25) is 14.5 Å². The monoisotopic (exact) mass is 307 g/mol. The number of nitrogens with zero attached hydrogens (tertiary/aromatic N) is 4. The molecular weight excluding hydrogens is 282 g/mol. The molecule has 2 heterocycles. The maximum absolute atomic E-state index is 11.4. The quantitative estimate of drug-likeness (QED) is 0.501. The molecule has 2 rings (SSSR count). The second-order valence-corrected chi connectivity index (χ2v) is 5.73. The number of aliphatic imine (C=N–C) groups is 1. The van der Waals surface area contributed by atoms with E-state index in [2.05, 4.69) is 26.5 Å². The minimum Gasteiger partial charge on any atom is -0.469 e. The molecule has 1 aliphatic rings. The molecule has 1 aromatic rings. The molecule has 0 aromatic carbocycles. The number of hydrogen-bond acceptors (Lipinski definition) is 4. The molecule has 1 fully saturated rings. The number of aryl methyl sites for hydroxylation is 1. The van der Waals surface area contributed by atoms with Gasteiger partial charge in [0.15, 0.2) is 5.96 Å². The van der Waals surface area contributed by atoms with E-state index in [4.69, 9.17) is 4.74 Å². The molecule has 0 amide bonds. The van der Waals surface area contributed by atoms with E-state index in [1.54, 1.807) is 7.05 Å². The zero-order valence-electron chi connectivity index (χ0n) is 13.7. The molecule has 0 aliphatic carbocycles. The van der Waals surface area contributed by atoms with Crippen molar-refractivity contribution in [2.75, 3.05) is 33.8 Å². The number of ether oxygens (including phenoxy) is 1. The first-order chi connectivity index (χ1) is 10.5. The van der Waals surface area contributed by atoms with Gasteiger partial charge >= 0.3 is 5.97 Å². The van der Waals surface area contributed by atoms with Crippen LogP contribution < -0.4 is 5.32 Å². The van der Waals surface area contributed by atoms with E-state index in [9.17, 15) is 4.79 Å². The zero-order chi connectivity index (χ0) is 16.1. The number of rotatable bonds is 4. The summed E-state index contributed by atoms with van der Waals surface area (Å²) in [5, 5.41) is 7.50. The molecule has 7 nitrogen and oxygen atoms in total. The summed E-state index contributed by atoms with van der Waals surface area (Å²) in [7, 11) is 5.11. The molecule has 1 aliphatic heterocycles. The standard InChI is InChI=1S/C15H25N5O2/c1-11(14(21)22-4)7-17-15(16-2)20-6-5-12(10-20)13-8-18-19(3)9-13/h8-9,11-12H,5-7,10H2,1-4H3,(H,16,17). The van der Waals surface area contributed by atoms with Crippen molar-refractivity contribution in [2.45, 2.75) is 19.3 Å². The van der Waals surface area contributed by atoms with Crippen molar-refractivity contribution < 1.29 is 9.53 Å². The van der Waals surface area contributed by atoms with Crippen molar-refractivity contribution in [3.8, 4) is 0 Å². The summed E-state index contributed by atoms with van der Waals surface area (Å²) in [4.78, 5) is 18.0. The Morgan fingerprint density at radius 3 is 3.00 bits per heavy atom. The van der Waals surface area contributed by atoms with Gasteiger partial charge in [-0.2, -0.15) is 5.10 Å². The molecule has 122 valence electrons. The highest BCUT2D eigenvalue weighted by molar-refractivity contribution is 5.81. The lowest BCUT2D eigenvalue weighted by Crippen LogP contribution is -2.42. The largest absolute Gasteiger partial charge is 0.469 e. The Morgan fingerprint density at radius 1 is 1.64 bits per heavy atom. The van der Waals surface area contributed by atoms with Crippen LogP contribution in [0.2, 0.25) is 0 Å². The van der Waals surface area contributed by atoms with Gasteiger partial charge in [0.25, 0.3) is 0 Å². The number of carbonyl (C=O) groups excluding carboxylic acids is 1. The summed E-state index contributed by atoms with van der Waals surface area (Å²) in [5.74, 6) is 0.906. The molecule has 1 aromatic heterocycles. The van der Waals surface area contributed by atoms with Gasteiger partial charge < -0.3 is 15.0 Å². The van der Waals surface area contributed by atoms with E-state index in [0.29, 0.717) is 12.5 Å². The smallest absolute Gasteiger partial charge is 0.310 e. The maximum atomic E-state index is 11.4. The van der Waals surface area contributed by atoms with Gasteiger partial charge in [-0.1, -0.05) is 6.92 Å². The number of guanidine groups is 1. The average molecular weight is 307 g/mol. The predicted molar refractivity (Wildman–Crippen MR) is 84.7 cm³/mol. The number of aromatic nitrogens is 2. The third-order valence-corrected chi connectivity index (χ3v) is 4.07. The van der Waals surface area contributed by atoms with Gasteiger partial charge in [0.2, 0.25) is 0 Å². The van der Waals surface area contributed by atoms with Crippen molar-refractivity contribution in [2.24, 2.45) is 18.0 Å². The van der Waals surface area contributed by atoms with Crippen molar-refractivity contribution in [1.29, 1.82) is 0 Å². The van der Waals surface area contributed by atoms with Crippen molar-refractivity contribution in [1.82, 2.24) is 20.0 Å². The lowest BCUT2D eigenvalue weighted by Gasteiger charge is -2.22. The molecule has 22 heavy (non-hydrogen) atoms. The Bertz CT molecular complexity index is 540. The number of nitrogens with one attached hydrogen (secondary N) is 1. The van der Waals surface area contributed by atoms with Gasteiger partial charge in [0.1, 0.15) is 0 Å². The third kappa shape index (κ3) is 3.78. The predicted octanol–water partition coefficient (Wildman–Crippen LogP) is 0.594. The molecule has 2 atom stereocenters. The fourth-order valence-corrected chi connectivity index (χ4v) is 2.74. The molecule has 7 heteroatoms. The van der Waals surface area contributed by atoms with Crippen LogP contribution in [-0.2, 0) is 16.6 Å². The zero-order valence-corrected chi connectivity index (χ0v) is 13.7. The first-order valence-corrected chi connectivity index (χ1v) is 7.57. The fourth-order valence-electron chi connectivity index (χ4n) is 2.74. The Hall–Kier alpha value is -2.05. The van der Waals surface area contributed by atoms with Crippen LogP contribution in [0.1, 0.15) is 24.8 Å². The first-order valence-electron chi connectivity index (χ1n) is 7.57. The number of likely N-dealkylation sites (tertiary alicyclic amines) is 1. The summed E-state index contributed by atoms with van der Waals surface area (Å²) in [5.41, 5.74) is 1.27. The van der Waals surface area contributed by atoms with E-state index in [0.717, 1.165) is 25.5 Å². The summed E-state index contributed by atoms with van der Waals surface area (Å²) in [6.45, 7) is 4.23. The number of methoxy groups -OCH3 is 1. The summed E-state index contributed by atoms with van der Waals surface area (Å²) in [6, 6.07) is 0. The van der Waals surface area contributed by atoms with Crippen LogP contribution in [0.4, 0.5) is 0 Å². The van der Waals surface area contributed by atoms with Gasteiger partial charge in [0, 0.05) is 45.8 Å². The van der Waals surface area contributed by atoms with Crippen LogP contribution in [0.25, 0.3) is 0 Å². The van der Waals surface area contributed by atoms with Crippen molar-refractivity contribution >= 4 is 11.9 Å². The van der Waals surface area contributed by atoms with E-state index in [-0.39, 0.29) is 11.9 Å². The minimum absolute atomic E-state index is 0.196. The highest BCUT2D eigenvalue weighted by atomic mass is 16.5. The number of carbonyl (C=O) groups is 1. The molecule has 0 spiro atoms. The van der Waals surface area contributed by atoms with Crippen LogP contribution in [0.5, 0.6) is 0 Å². The Morgan fingerprint density at radius 2 is 2.41 bits per heavy atom. The number of esters is 1. The third-order valence-electron chi connectivity index (χ3n) is 4.07. The highest BCUT2D eigenvalue weighted by Crippen LogP contribution is 2.26. The van der Waals surface area contributed by atoms with Gasteiger partial charge in [-0.25, -0.2) is 0 Å². The van der Waals surface area contributed by atoms with Gasteiger partial charge in [-0.15, -0.1) is 0 Å². The fraction of sp³-hybridized carbons (Fsp3) is 0.667. The average Bonchev–Trinajstić information content (AvgIpc) is 3.15. The normalized spacial score (nSPS) is 20.1. The van der Waals surface area contributed by atoms with E-state index in [1.807, 2.05) is 24.9 Å². The molecule has 0 bridgehead atoms. The lowest BCUT2D eigenvalue weighted by atomic mass is 10.0. The Labute approximate surface area is 131 Å². The van der Waals surface area contributed by atoms with Gasteiger partial charge in [-0.05, 0) is 12.0 Å². The van der Waals surface area contributed by atoms with Crippen LogP contribution in [0, 0.1) is 5.92 Å². The van der Waals surface area contributed by atoms with E-state index in [1.165, 1.54) is 12.7 Å². The van der Waals surface area contributed by atoms with Crippen LogP contribution in [0.15, 0.2) is 17.4 Å². The van der Waals surface area contributed by atoms with Gasteiger partial charge in [0.05, 0.1) is 19.2 Å². The summed E-state index contributed by atoms with van der Waals surface area (Å²) in [6.07, 6.45) is 5.09. The van der Waals surface area contributed by atoms with Crippen LogP contribution >= 0.6 is 0 Å². The molecule has 1 saturated heterocycles. The minimum atomic E-state index is -0.211. The second kappa shape index (κ2) is 7.29. The molecular formula is C15H25N5O2. The maximum Gasteiger partial charge on any atom is 0.310 e. The Balaban J connectivity index is 1.89. The van der Waals surface area contributed by atoms with E-state index < -0.39 is 0 Å². The highest BCUT2D eigenvalue weighted by Gasteiger charge is 2.27. The summed E-state index contributed by atoms with van der Waals surface area (Å²) >= 11 is 0. The second-order valence-electron chi connectivity index (χ2n) is 5.73. The molecule has 2 unspecified atom stereocenters. The molecule has 0 saturated carbocycles. The van der Waals surface area contributed by atoms with Crippen LogP contribution in [0.3, 0.4) is 0 Å². The van der Waals surface area contributed by atoms with Crippen molar-refractivity contribution in [3.63, 3.8) is 0 Å². The molecule has 1 N–H and O–H groups in total. The first kappa shape index (κ1) is 16.3.